The Bertz CT molecular complexity index is 328. The van der Waals surface area contributed by atoms with E-state index in [0.717, 1.165) is 4.90 Å². The van der Waals surface area contributed by atoms with Gasteiger partial charge in [0, 0.05) is 17.5 Å². The molecule has 0 aliphatic carbocycles. The lowest BCUT2D eigenvalue weighted by molar-refractivity contribution is -0.385. The van der Waals surface area contributed by atoms with Crippen molar-refractivity contribution in [3.63, 3.8) is 0 Å². The van der Waals surface area contributed by atoms with Crippen LogP contribution in [0.15, 0.2) is 23.1 Å². The molecule has 0 amide bonds. The largest absolute Gasteiger partial charge is 0.326 e. The summed E-state index contributed by atoms with van der Waals surface area (Å²) in [7, 11) is 0. The number of rotatable bonds is 3. The topological polar surface area (TPSA) is 69.2 Å². The standard InChI is InChI=1S/C8H10N2O2S/c1-13-8-4-2-3-7(10(11)12)6(8)5-9/h2-4H,5,9H2,1H3. The molecule has 2 N–H and O–H groups in total. The molecule has 0 spiro atoms. The smallest absolute Gasteiger partial charge is 0.275 e. The van der Waals surface area contributed by atoms with Crippen molar-refractivity contribution >= 4 is 17.4 Å². The number of hydrogen-bond acceptors (Lipinski definition) is 4. The first kappa shape index (κ1) is 10.0. The van der Waals surface area contributed by atoms with Crippen molar-refractivity contribution < 1.29 is 4.92 Å². The Balaban J connectivity index is 3.27. The van der Waals surface area contributed by atoms with Crippen LogP contribution in [-0.4, -0.2) is 11.2 Å². The zero-order chi connectivity index (χ0) is 9.84. The van der Waals surface area contributed by atoms with Crippen molar-refractivity contribution in [1.29, 1.82) is 0 Å². The Morgan fingerprint density at radius 3 is 2.77 bits per heavy atom. The van der Waals surface area contributed by atoms with E-state index < -0.39 is 4.92 Å². The van der Waals surface area contributed by atoms with E-state index in [0.29, 0.717) is 5.56 Å². The monoisotopic (exact) mass is 198 g/mol. The van der Waals surface area contributed by atoms with Crippen LogP contribution in [0, 0.1) is 10.1 Å². The first-order valence-corrected chi connectivity index (χ1v) is 4.93. The third-order valence-corrected chi connectivity index (χ3v) is 2.55. The van der Waals surface area contributed by atoms with Gasteiger partial charge in [-0.2, -0.15) is 0 Å². The van der Waals surface area contributed by atoms with E-state index in [2.05, 4.69) is 0 Å². The lowest BCUT2D eigenvalue weighted by Gasteiger charge is -2.04. The van der Waals surface area contributed by atoms with Gasteiger partial charge in [-0.1, -0.05) is 6.07 Å². The van der Waals surface area contributed by atoms with Gasteiger partial charge in [-0.25, -0.2) is 0 Å². The van der Waals surface area contributed by atoms with E-state index in [1.165, 1.54) is 17.8 Å². The van der Waals surface area contributed by atoms with Crippen molar-refractivity contribution in [1.82, 2.24) is 0 Å². The summed E-state index contributed by atoms with van der Waals surface area (Å²) in [6, 6.07) is 4.98. The number of thioether (sulfide) groups is 1. The Labute approximate surface area is 80.3 Å². The number of hydrogen-bond donors (Lipinski definition) is 1. The van der Waals surface area contributed by atoms with Crippen LogP contribution < -0.4 is 5.73 Å². The van der Waals surface area contributed by atoms with Crippen LogP contribution in [0.3, 0.4) is 0 Å². The molecule has 0 saturated heterocycles. The Hall–Kier alpha value is -1.07. The lowest BCUT2D eigenvalue weighted by Crippen LogP contribution is -2.03. The minimum absolute atomic E-state index is 0.106. The zero-order valence-corrected chi connectivity index (χ0v) is 8.00. The molecule has 0 saturated carbocycles. The highest BCUT2D eigenvalue weighted by Crippen LogP contribution is 2.27. The molecule has 0 bridgehead atoms. The first-order valence-electron chi connectivity index (χ1n) is 3.71. The fourth-order valence-electron chi connectivity index (χ4n) is 1.12. The molecule has 70 valence electrons. The maximum absolute atomic E-state index is 10.6. The quantitative estimate of drug-likeness (QED) is 0.456. The Kier molecular flexibility index (Phi) is 3.27. The number of benzene rings is 1. The number of nitro benzene ring substituents is 1. The van der Waals surface area contributed by atoms with Gasteiger partial charge in [0.1, 0.15) is 0 Å². The van der Waals surface area contributed by atoms with Crippen molar-refractivity contribution in [2.24, 2.45) is 5.73 Å². The maximum Gasteiger partial charge on any atom is 0.275 e. The second-order valence-corrected chi connectivity index (χ2v) is 3.27. The normalized spacial score (nSPS) is 10.0. The molecule has 0 aliphatic rings. The van der Waals surface area contributed by atoms with E-state index >= 15 is 0 Å². The van der Waals surface area contributed by atoms with Crippen molar-refractivity contribution in [2.75, 3.05) is 6.26 Å². The van der Waals surface area contributed by atoms with Crippen LogP contribution in [0.2, 0.25) is 0 Å². The van der Waals surface area contributed by atoms with Gasteiger partial charge >= 0.3 is 0 Å². The molecule has 4 nitrogen and oxygen atoms in total. The molecule has 5 heteroatoms. The summed E-state index contributed by atoms with van der Waals surface area (Å²) in [4.78, 5) is 11.1. The Morgan fingerprint density at radius 2 is 2.31 bits per heavy atom. The maximum atomic E-state index is 10.6. The van der Waals surface area contributed by atoms with Gasteiger partial charge in [-0.05, 0) is 12.3 Å². The van der Waals surface area contributed by atoms with E-state index in [9.17, 15) is 10.1 Å². The third-order valence-electron chi connectivity index (χ3n) is 1.73. The molecule has 0 aromatic heterocycles. The highest BCUT2D eigenvalue weighted by molar-refractivity contribution is 7.98. The van der Waals surface area contributed by atoms with Gasteiger partial charge in [0.05, 0.1) is 10.5 Å². The summed E-state index contributed by atoms with van der Waals surface area (Å²) < 4.78 is 0. The first-order chi connectivity index (χ1) is 6.20. The van der Waals surface area contributed by atoms with Crippen LogP contribution >= 0.6 is 11.8 Å². The SMILES string of the molecule is CSc1cccc([N+](=O)[O-])c1CN. The summed E-state index contributed by atoms with van der Waals surface area (Å²) >= 11 is 1.47. The molecule has 0 radical (unpaired) electrons. The average molecular weight is 198 g/mol. The average Bonchev–Trinajstić information content (AvgIpc) is 2.16. The minimum atomic E-state index is -0.401. The van der Waals surface area contributed by atoms with Gasteiger partial charge in [-0.3, -0.25) is 10.1 Å². The molecule has 0 unspecified atom stereocenters. The number of nitrogens with two attached hydrogens (primary N) is 1. The molecular formula is C8H10N2O2S. The van der Waals surface area contributed by atoms with Crippen molar-refractivity contribution in [3.05, 3.63) is 33.9 Å². The third kappa shape index (κ3) is 1.99. The predicted octanol–water partition coefficient (Wildman–Crippen LogP) is 1.78. The zero-order valence-electron chi connectivity index (χ0n) is 7.19. The molecule has 0 fully saturated rings. The van der Waals surface area contributed by atoms with Crippen molar-refractivity contribution in [2.45, 2.75) is 11.4 Å². The lowest BCUT2D eigenvalue weighted by atomic mass is 10.2. The fraction of sp³-hybridized carbons (Fsp3) is 0.250. The Morgan fingerprint density at radius 1 is 1.62 bits per heavy atom. The molecule has 1 aromatic carbocycles. The van der Waals surface area contributed by atoms with Gasteiger partial charge in [-0.15, -0.1) is 11.8 Å². The van der Waals surface area contributed by atoms with Gasteiger partial charge in [0.2, 0.25) is 0 Å². The van der Waals surface area contributed by atoms with Crippen molar-refractivity contribution in [3.8, 4) is 0 Å². The summed E-state index contributed by atoms with van der Waals surface area (Å²) in [5, 5.41) is 10.6. The molecule has 0 aliphatic heterocycles. The van der Waals surface area contributed by atoms with Crippen LogP contribution in [0.4, 0.5) is 5.69 Å². The van der Waals surface area contributed by atoms with Gasteiger partial charge in [0.15, 0.2) is 0 Å². The summed E-state index contributed by atoms with van der Waals surface area (Å²) in [6.07, 6.45) is 1.87. The van der Waals surface area contributed by atoms with E-state index in [-0.39, 0.29) is 12.2 Å². The highest BCUT2D eigenvalue weighted by Gasteiger charge is 2.14. The predicted molar refractivity (Wildman–Crippen MR) is 52.8 cm³/mol. The van der Waals surface area contributed by atoms with Crippen LogP contribution in [0.1, 0.15) is 5.56 Å². The summed E-state index contributed by atoms with van der Waals surface area (Å²) in [6.45, 7) is 0.202. The van der Waals surface area contributed by atoms with Crippen LogP contribution in [0.25, 0.3) is 0 Å². The molecule has 13 heavy (non-hydrogen) atoms. The van der Waals surface area contributed by atoms with E-state index in [1.807, 2.05) is 12.3 Å². The summed E-state index contributed by atoms with van der Waals surface area (Å²) in [5.74, 6) is 0. The second-order valence-electron chi connectivity index (χ2n) is 2.42. The number of nitro groups is 1. The number of nitrogens with zero attached hydrogens (tertiary/aromatic N) is 1. The highest BCUT2D eigenvalue weighted by atomic mass is 32.2. The van der Waals surface area contributed by atoms with Crippen LogP contribution in [0.5, 0.6) is 0 Å². The molecule has 0 heterocycles. The van der Waals surface area contributed by atoms with E-state index in [1.54, 1.807) is 6.07 Å². The fourth-order valence-corrected chi connectivity index (χ4v) is 1.77. The van der Waals surface area contributed by atoms with Gasteiger partial charge in [0.25, 0.3) is 5.69 Å². The molecule has 1 rings (SSSR count). The molecule has 0 atom stereocenters. The molecular weight excluding hydrogens is 188 g/mol. The summed E-state index contributed by atoms with van der Waals surface area (Å²) in [5.41, 5.74) is 6.16. The minimum Gasteiger partial charge on any atom is -0.326 e. The van der Waals surface area contributed by atoms with Crippen LogP contribution in [-0.2, 0) is 6.54 Å². The molecule has 1 aromatic rings. The van der Waals surface area contributed by atoms with E-state index in [4.69, 9.17) is 5.73 Å². The second kappa shape index (κ2) is 4.25. The van der Waals surface area contributed by atoms with Gasteiger partial charge < -0.3 is 5.73 Å².